The first-order chi connectivity index (χ1) is 32.3. The second-order valence-corrected chi connectivity index (χ2v) is 19.4. The monoisotopic (exact) mass is 1010 g/mol. The second-order valence-electron chi connectivity index (χ2n) is 16.6. The van der Waals surface area contributed by atoms with Gasteiger partial charge in [-0.15, -0.1) is 11.8 Å². The molecule has 3 aliphatic heterocycles. The first-order valence-electron chi connectivity index (χ1n) is 21.3. The van der Waals surface area contributed by atoms with E-state index < -0.39 is 40.8 Å². The predicted octanol–water partition coefficient (Wildman–Crippen LogP) is 10.9. The number of anilines is 3. The molecule has 3 heterocycles. The number of hydrazone groups is 1. The van der Waals surface area contributed by atoms with Gasteiger partial charge >= 0.3 is 6.03 Å². The van der Waals surface area contributed by atoms with Crippen LogP contribution in [0.25, 0.3) is 0 Å². The van der Waals surface area contributed by atoms with E-state index in [-0.39, 0.29) is 27.5 Å². The highest BCUT2D eigenvalue weighted by Gasteiger charge is 2.53. The van der Waals surface area contributed by atoms with Crippen molar-refractivity contribution >= 4 is 122 Å². The molecule has 2 saturated heterocycles. The van der Waals surface area contributed by atoms with Crippen LogP contribution in [0.4, 0.5) is 27.5 Å². The number of hydrazine groups is 1. The molecule has 68 heavy (non-hydrogen) atoms. The van der Waals surface area contributed by atoms with Crippen molar-refractivity contribution in [1.29, 1.82) is 0 Å². The van der Waals surface area contributed by atoms with Crippen molar-refractivity contribution in [1.82, 2.24) is 15.6 Å². The lowest BCUT2D eigenvalue weighted by Crippen LogP contribution is -2.50. The summed E-state index contributed by atoms with van der Waals surface area (Å²) in [4.78, 5) is 71.0. The third-order valence-electron chi connectivity index (χ3n) is 10.9. The Bertz CT molecular complexity index is 2880. The van der Waals surface area contributed by atoms with Gasteiger partial charge < -0.3 is 15.4 Å². The third kappa shape index (κ3) is 10.6. The number of benzene rings is 5. The number of ether oxygens (including phenoxy) is 1. The minimum Gasteiger partial charge on any atom is -0.480 e. The maximum absolute atomic E-state index is 14.1. The number of aliphatic imine (C=N–C) groups is 1. The number of carbonyl (C=O) groups excluding carboxylic acids is 5. The molecular formula is C49H46Cl4N8O6S. The summed E-state index contributed by atoms with van der Waals surface area (Å²) in [6, 6.07) is 28.8. The smallest absolute Gasteiger partial charge is 0.326 e. The number of halogens is 4. The zero-order chi connectivity index (χ0) is 49.2. The summed E-state index contributed by atoms with van der Waals surface area (Å²) in [5.41, 5.74) is 7.30. The SMILES string of the molecule is CC1=NN(c2ccccc2)C(=O)C1N1C(=O)NC(C)(C)C1=O.CCC(Oc1ccc(C)cc1C)C(=O)Nc1ccccc1SC1C(=O)N(c2c(Cl)cc(Cl)cc2Cl)NC1=Nc1cc(C)ccc1Cl. The summed E-state index contributed by atoms with van der Waals surface area (Å²) >= 11 is 26.9. The van der Waals surface area contributed by atoms with Crippen LogP contribution < -0.4 is 30.8 Å². The number of carbonyl (C=O) groups is 5. The number of thioether (sulfide) groups is 1. The number of hydrogen-bond acceptors (Lipinski definition) is 9. The van der Waals surface area contributed by atoms with E-state index in [2.05, 4.69) is 21.2 Å². The van der Waals surface area contributed by atoms with Gasteiger partial charge in [0, 0.05) is 9.92 Å². The fraction of sp³-hybridized carbons (Fsp3) is 0.245. The van der Waals surface area contributed by atoms with Gasteiger partial charge in [0.1, 0.15) is 28.1 Å². The zero-order valence-corrected chi connectivity index (χ0v) is 41.7. The lowest BCUT2D eigenvalue weighted by atomic mass is 10.0. The van der Waals surface area contributed by atoms with Gasteiger partial charge in [-0.05, 0) is 114 Å². The first-order valence-corrected chi connectivity index (χ1v) is 23.7. The number of imide groups is 1. The number of nitrogens with zero attached hydrogens (tertiary/aromatic N) is 5. The molecule has 3 N–H and O–H groups in total. The number of amides is 6. The number of hydrogen-bond donors (Lipinski definition) is 3. The van der Waals surface area contributed by atoms with E-state index in [0.717, 1.165) is 21.6 Å². The zero-order valence-electron chi connectivity index (χ0n) is 37.9. The maximum atomic E-state index is 14.1. The number of aryl methyl sites for hydroxylation is 3. The van der Waals surface area contributed by atoms with Gasteiger partial charge in [0.25, 0.3) is 23.6 Å². The Hall–Kier alpha value is -6.10. The van der Waals surface area contributed by atoms with Crippen LogP contribution in [0.3, 0.4) is 0 Å². The highest BCUT2D eigenvalue weighted by atomic mass is 35.5. The molecular weight excluding hydrogens is 970 g/mol. The molecule has 3 aliphatic rings. The van der Waals surface area contributed by atoms with Crippen LogP contribution in [-0.4, -0.2) is 69.0 Å². The molecule has 19 heteroatoms. The highest BCUT2D eigenvalue weighted by molar-refractivity contribution is 8.01. The number of amidine groups is 1. The first kappa shape index (κ1) is 49.8. The summed E-state index contributed by atoms with van der Waals surface area (Å²) in [6.45, 7) is 12.6. The van der Waals surface area contributed by atoms with Crippen molar-refractivity contribution in [2.75, 3.05) is 15.3 Å². The summed E-state index contributed by atoms with van der Waals surface area (Å²) in [7, 11) is 0. The van der Waals surface area contributed by atoms with Crippen molar-refractivity contribution in [3.63, 3.8) is 0 Å². The topological polar surface area (TPSA) is 165 Å². The molecule has 0 radical (unpaired) electrons. The van der Waals surface area contributed by atoms with Crippen LogP contribution in [-0.2, 0) is 19.2 Å². The van der Waals surface area contributed by atoms with Gasteiger partial charge in [-0.25, -0.2) is 19.7 Å². The Morgan fingerprint density at radius 1 is 0.838 bits per heavy atom. The van der Waals surface area contributed by atoms with Crippen molar-refractivity contribution in [2.45, 2.75) is 82.7 Å². The molecule has 0 saturated carbocycles. The van der Waals surface area contributed by atoms with Gasteiger partial charge in [-0.1, -0.05) is 107 Å². The average molecular weight is 1020 g/mol. The van der Waals surface area contributed by atoms with E-state index in [4.69, 9.17) is 56.1 Å². The number of nitrogens with one attached hydrogen (secondary N) is 3. The van der Waals surface area contributed by atoms with Crippen molar-refractivity contribution in [3.05, 3.63) is 140 Å². The van der Waals surface area contributed by atoms with Crippen LogP contribution in [0.15, 0.2) is 118 Å². The Morgan fingerprint density at radius 2 is 1.49 bits per heavy atom. The standard InChI is InChI=1S/C34H30Cl4N4O3S.C15H16N4O3/c1-5-27(45-28-13-11-18(2)14-20(28)4)33(43)40-25-8-6-7-9-29(25)46-31-32(39-26-15-19(3)10-12-22(26)36)41-42(34(31)44)30-23(37)16-21(35)17-24(30)38;1-9-11(18-13(21)15(2,3)16-14(18)22)12(20)19(17-9)10-7-5-4-6-8-10/h6-17,27,31H,5H2,1-4H3,(H,39,41)(H,40,43);4-8,11H,1-3H3,(H,16,22). The Labute approximate surface area is 417 Å². The molecule has 5 aromatic rings. The van der Waals surface area contributed by atoms with Crippen molar-refractivity contribution < 1.29 is 28.7 Å². The van der Waals surface area contributed by atoms with Crippen LogP contribution in [0.1, 0.15) is 50.8 Å². The molecule has 3 unspecified atom stereocenters. The van der Waals surface area contributed by atoms with Crippen LogP contribution in [0, 0.1) is 20.8 Å². The fourth-order valence-corrected chi connectivity index (χ4v) is 9.67. The van der Waals surface area contributed by atoms with Crippen molar-refractivity contribution in [3.8, 4) is 5.75 Å². The number of rotatable bonds is 11. The quantitative estimate of drug-likeness (QED) is 0.110. The molecule has 352 valence electrons. The summed E-state index contributed by atoms with van der Waals surface area (Å²) < 4.78 is 6.12. The predicted molar refractivity (Wildman–Crippen MR) is 271 cm³/mol. The van der Waals surface area contributed by atoms with Gasteiger partial charge in [0.2, 0.25) is 0 Å². The second kappa shape index (κ2) is 20.6. The van der Waals surface area contributed by atoms with E-state index in [9.17, 15) is 24.0 Å². The lowest BCUT2D eigenvalue weighted by Gasteiger charge is -2.21. The minimum absolute atomic E-state index is 0.180. The molecule has 0 aliphatic carbocycles. The van der Waals surface area contributed by atoms with Gasteiger partial charge in [0.05, 0.1) is 37.8 Å². The summed E-state index contributed by atoms with van der Waals surface area (Å²) in [5.74, 6) is -0.591. The molecule has 0 spiro atoms. The fourth-order valence-electron chi connectivity index (χ4n) is 7.44. The van der Waals surface area contributed by atoms with E-state index in [1.165, 1.54) is 33.9 Å². The van der Waals surface area contributed by atoms with E-state index in [1.54, 1.807) is 63.2 Å². The van der Waals surface area contributed by atoms with Crippen LogP contribution in [0.5, 0.6) is 5.75 Å². The molecule has 5 aromatic carbocycles. The normalized spacial score (nSPS) is 18.5. The van der Waals surface area contributed by atoms with Gasteiger partial charge in [0.15, 0.2) is 12.1 Å². The largest absolute Gasteiger partial charge is 0.480 e. The number of para-hydroxylation sites is 2. The molecule has 14 nitrogen and oxygen atoms in total. The number of urea groups is 1. The summed E-state index contributed by atoms with van der Waals surface area (Å²) in [6.07, 6.45) is -0.287. The molecule has 6 amide bonds. The Balaban J connectivity index is 0.000000258. The van der Waals surface area contributed by atoms with Crippen LogP contribution >= 0.6 is 58.2 Å². The summed E-state index contributed by atoms with van der Waals surface area (Å²) in [5, 5.41) is 12.5. The highest BCUT2D eigenvalue weighted by Crippen LogP contribution is 2.41. The molecule has 0 bridgehead atoms. The molecule has 2 fully saturated rings. The molecule has 3 atom stereocenters. The van der Waals surface area contributed by atoms with E-state index in [0.29, 0.717) is 55.7 Å². The van der Waals surface area contributed by atoms with Gasteiger partial charge in [-0.2, -0.15) is 10.1 Å². The molecule has 0 aromatic heterocycles. The Morgan fingerprint density at radius 3 is 2.13 bits per heavy atom. The average Bonchev–Trinajstić information content (AvgIpc) is 3.82. The van der Waals surface area contributed by atoms with Crippen molar-refractivity contribution in [2.24, 2.45) is 10.1 Å². The Kier molecular flexibility index (Phi) is 15.1. The minimum atomic E-state index is -1.02. The van der Waals surface area contributed by atoms with E-state index >= 15 is 0 Å². The van der Waals surface area contributed by atoms with Gasteiger partial charge in [-0.3, -0.25) is 24.6 Å². The van der Waals surface area contributed by atoms with Crippen LogP contribution in [0.2, 0.25) is 20.1 Å². The maximum Gasteiger partial charge on any atom is 0.326 e. The lowest BCUT2D eigenvalue weighted by molar-refractivity contribution is -0.134. The third-order valence-corrected chi connectivity index (χ3v) is 13.3. The van der Waals surface area contributed by atoms with E-state index in [1.807, 2.05) is 76.2 Å². The molecule has 8 rings (SSSR count).